The molecule has 1 heterocycles. The normalized spacial score (nSPS) is 22.2. The molecule has 2 aromatic carbocycles. The maximum atomic E-state index is 12.6. The number of nitrogens with zero attached hydrogens (tertiary/aromatic N) is 1. The Balaban J connectivity index is 1.98. The van der Waals surface area contributed by atoms with Crippen LogP contribution in [0.3, 0.4) is 0 Å². The number of benzene rings is 2. The molecule has 0 bridgehead atoms. The van der Waals surface area contributed by atoms with Crippen molar-refractivity contribution in [2.75, 3.05) is 0 Å². The molecule has 0 saturated carbocycles. The molecule has 1 saturated heterocycles. The van der Waals surface area contributed by atoms with Gasteiger partial charge in [0.15, 0.2) is 6.10 Å². The van der Waals surface area contributed by atoms with Gasteiger partial charge in [0.05, 0.1) is 0 Å². The van der Waals surface area contributed by atoms with Crippen molar-refractivity contribution in [2.45, 2.75) is 43.6 Å². The summed E-state index contributed by atoms with van der Waals surface area (Å²) in [6, 6.07) is 15.2. The van der Waals surface area contributed by atoms with E-state index in [9.17, 15) is 27.9 Å². The van der Waals surface area contributed by atoms with Crippen LogP contribution in [0.4, 0.5) is 18.0 Å². The zero-order valence-corrected chi connectivity index (χ0v) is 15.4. The van der Waals surface area contributed by atoms with Crippen LogP contribution in [-0.2, 0) is 9.53 Å². The van der Waals surface area contributed by atoms with Gasteiger partial charge in [0.2, 0.25) is 0 Å². The lowest BCUT2D eigenvalue weighted by Gasteiger charge is -2.44. The average Bonchev–Trinajstić information content (AvgIpc) is 2.69. The molecule has 0 aromatic heterocycles. The molecule has 0 radical (unpaired) electrons. The van der Waals surface area contributed by atoms with Gasteiger partial charge in [0.25, 0.3) is 0 Å². The molecule has 2 aromatic rings. The number of cyclic esters (lactones) is 1. The van der Waals surface area contributed by atoms with Crippen LogP contribution >= 0.6 is 0 Å². The zero-order valence-electron chi connectivity index (χ0n) is 15.4. The van der Waals surface area contributed by atoms with Gasteiger partial charge in [-0.25, -0.2) is 9.59 Å². The predicted molar refractivity (Wildman–Crippen MR) is 98.0 cm³/mol. The van der Waals surface area contributed by atoms with Gasteiger partial charge in [-0.05, 0) is 24.0 Å². The van der Waals surface area contributed by atoms with Gasteiger partial charge in [-0.15, -0.1) is 0 Å². The number of rotatable bonds is 5. The Hall–Kier alpha value is -3.03. The van der Waals surface area contributed by atoms with Crippen LogP contribution in [0.1, 0.15) is 42.5 Å². The molecule has 3 atom stereocenters. The van der Waals surface area contributed by atoms with Crippen LogP contribution in [-0.4, -0.2) is 34.3 Å². The zero-order chi connectivity index (χ0) is 21.0. The van der Waals surface area contributed by atoms with Crippen LogP contribution < -0.4 is 0 Å². The molecule has 1 aliphatic rings. The summed E-state index contributed by atoms with van der Waals surface area (Å²) >= 11 is 0. The second-order valence-electron chi connectivity index (χ2n) is 6.84. The van der Waals surface area contributed by atoms with E-state index in [0.717, 1.165) is 4.90 Å². The number of hydrogen-bond acceptors (Lipinski definition) is 3. The van der Waals surface area contributed by atoms with Gasteiger partial charge in [0.1, 0.15) is 12.1 Å². The first-order chi connectivity index (χ1) is 13.8. The minimum Gasteiger partial charge on any atom is -0.465 e. The molecule has 5 nitrogen and oxygen atoms in total. The molecule has 1 aliphatic heterocycles. The van der Waals surface area contributed by atoms with Crippen molar-refractivity contribution < 1.29 is 32.6 Å². The molecule has 1 fully saturated rings. The maximum Gasteiger partial charge on any atom is 0.408 e. The highest BCUT2D eigenvalue weighted by Crippen LogP contribution is 2.43. The quantitative estimate of drug-likeness (QED) is 0.700. The molecule has 154 valence electrons. The Morgan fingerprint density at radius 2 is 1.55 bits per heavy atom. The van der Waals surface area contributed by atoms with Crippen molar-refractivity contribution in [1.82, 2.24) is 4.90 Å². The van der Waals surface area contributed by atoms with E-state index in [0.29, 0.717) is 11.1 Å². The Kier molecular flexibility index (Phi) is 6.10. The van der Waals surface area contributed by atoms with Crippen molar-refractivity contribution in [3.05, 3.63) is 71.8 Å². The molecule has 3 rings (SSSR count). The fourth-order valence-electron chi connectivity index (χ4n) is 3.61. The third kappa shape index (κ3) is 4.88. The SMILES string of the molecule is O=C1O[C@@H](c2ccccc2)[C@@H](c2ccccc2)N(C(=O)O)[C@@H]1CCCC(F)(F)F. The van der Waals surface area contributed by atoms with E-state index in [2.05, 4.69) is 0 Å². The molecule has 1 N–H and O–H groups in total. The van der Waals surface area contributed by atoms with Crippen LogP contribution in [0.25, 0.3) is 0 Å². The molecular weight excluding hydrogens is 387 g/mol. The van der Waals surface area contributed by atoms with Gasteiger partial charge in [-0.2, -0.15) is 13.2 Å². The largest absolute Gasteiger partial charge is 0.465 e. The van der Waals surface area contributed by atoms with Crippen LogP contribution in [0.2, 0.25) is 0 Å². The average molecular weight is 407 g/mol. The van der Waals surface area contributed by atoms with Gasteiger partial charge in [-0.3, -0.25) is 4.90 Å². The Morgan fingerprint density at radius 1 is 1.00 bits per heavy atom. The number of carbonyl (C=O) groups is 2. The molecular formula is C21H20F3NO4. The minimum absolute atomic E-state index is 0.268. The number of carbonyl (C=O) groups excluding carboxylic acids is 1. The first-order valence-electron chi connectivity index (χ1n) is 9.16. The first kappa shape index (κ1) is 20.7. The second-order valence-corrected chi connectivity index (χ2v) is 6.84. The monoisotopic (exact) mass is 407 g/mol. The van der Waals surface area contributed by atoms with Crippen molar-refractivity contribution >= 4 is 12.1 Å². The molecule has 0 aliphatic carbocycles. The highest BCUT2D eigenvalue weighted by Gasteiger charge is 2.47. The molecule has 0 unspecified atom stereocenters. The van der Waals surface area contributed by atoms with Gasteiger partial charge in [0, 0.05) is 6.42 Å². The van der Waals surface area contributed by atoms with Crippen LogP contribution in [0, 0.1) is 0 Å². The van der Waals surface area contributed by atoms with E-state index in [-0.39, 0.29) is 12.8 Å². The lowest BCUT2D eigenvalue weighted by atomic mass is 9.90. The van der Waals surface area contributed by atoms with Crippen LogP contribution in [0.5, 0.6) is 0 Å². The Bertz CT molecular complexity index is 842. The summed E-state index contributed by atoms with van der Waals surface area (Å²) in [7, 11) is 0. The van der Waals surface area contributed by atoms with Gasteiger partial charge in [-0.1, -0.05) is 60.7 Å². The van der Waals surface area contributed by atoms with Crippen molar-refractivity contribution in [1.29, 1.82) is 0 Å². The number of halogens is 3. The fourth-order valence-corrected chi connectivity index (χ4v) is 3.61. The summed E-state index contributed by atoms with van der Waals surface area (Å²) in [5, 5.41) is 9.88. The Morgan fingerprint density at radius 3 is 2.07 bits per heavy atom. The van der Waals surface area contributed by atoms with E-state index in [4.69, 9.17) is 4.74 Å². The second kappa shape index (κ2) is 8.55. The van der Waals surface area contributed by atoms with Gasteiger partial charge < -0.3 is 9.84 Å². The number of esters is 1. The van der Waals surface area contributed by atoms with E-state index >= 15 is 0 Å². The van der Waals surface area contributed by atoms with E-state index in [1.807, 2.05) is 0 Å². The third-order valence-corrected chi connectivity index (χ3v) is 4.87. The van der Waals surface area contributed by atoms with Crippen molar-refractivity contribution in [3.8, 4) is 0 Å². The smallest absolute Gasteiger partial charge is 0.408 e. The van der Waals surface area contributed by atoms with E-state index < -0.39 is 42.8 Å². The molecule has 8 heteroatoms. The summed E-state index contributed by atoms with van der Waals surface area (Å²) in [6.45, 7) is 0. The molecule has 29 heavy (non-hydrogen) atoms. The predicted octanol–water partition coefficient (Wildman–Crippen LogP) is 5.11. The summed E-state index contributed by atoms with van der Waals surface area (Å²) in [5.74, 6) is -0.837. The minimum atomic E-state index is -4.38. The highest BCUT2D eigenvalue weighted by molar-refractivity contribution is 5.83. The fraction of sp³-hybridized carbons (Fsp3) is 0.333. The summed E-state index contributed by atoms with van der Waals surface area (Å²) in [5.41, 5.74) is 1.20. The van der Waals surface area contributed by atoms with Crippen molar-refractivity contribution in [2.24, 2.45) is 0 Å². The van der Waals surface area contributed by atoms with Crippen molar-refractivity contribution in [3.63, 3.8) is 0 Å². The number of carboxylic acid groups (broad SMARTS) is 1. The molecule has 1 amide bonds. The number of alkyl halides is 3. The number of hydrogen-bond donors (Lipinski definition) is 1. The lowest BCUT2D eigenvalue weighted by molar-refractivity contribution is -0.174. The Labute approximate surface area is 165 Å². The van der Waals surface area contributed by atoms with E-state index in [1.54, 1.807) is 60.7 Å². The maximum absolute atomic E-state index is 12.6. The third-order valence-electron chi connectivity index (χ3n) is 4.87. The first-order valence-corrected chi connectivity index (χ1v) is 9.16. The summed E-state index contributed by atoms with van der Waals surface area (Å²) in [6.07, 6.45) is -8.39. The standard InChI is InChI=1S/C21H20F3NO4/c22-21(23,24)13-7-12-16-19(26)29-18(15-10-5-2-6-11-15)17(25(16)20(27)28)14-8-3-1-4-9-14/h1-6,8-11,16-18H,7,12-13H2,(H,27,28)/t16-,17-,18+/m1/s1. The lowest BCUT2D eigenvalue weighted by Crippen LogP contribution is -2.53. The van der Waals surface area contributed by atoms with Crippen LogP contribution in [0.15, 0.2) is 60.7 Å². The summed E-state index contributed by atoms with van der Waals surface area (Å²) < 4.78 is 43.2. The van der Waals surface area contributed by atoms with Gasteiger partial charge >= 0.3 is 18.2 Å². The topological polar surface area (TPSA) is 66.8 Å². The summed E-state index contributed by atoms with van der Waals surface area (Å²) in [4.78, 5) is 25.7. The number of morpholine rings is 1. The molecule has 0 spiro atoms. The van der Waals surface area contributed by atoms with E-state index in [1.165, 1.54) is 0 Å². The number of ether oxygens (including phenoxy) is 1. The highest BCUT2D eigenvalue weighted by atomic mass is 19.4. The number of amides is 1.